The van der Waals surface area contributed by atoms with Crippen LogP contribution < -0.4 is 10.1 Å². The van der Waals surface area contributed by atoms with E-state index in [1.807, 2.05) is 30.1 Å². The molecule has 0 unspecified atom stereocenters. The van der Waals surface area contributed by atoms with Gasteiger partial charge in [-0.1, -0.05) is 0 Å². The van der Waals surface area contributed by atoms with Gasteiger partial charge in [0.25, 0.3) is 0 Å². The molecule has 2 fully saturated rings. The van der Waals surface area contributed by atoms with Gasteiger partial charge >= 0.3 is 0 Å². The van der Waals surface area contributed by atoms with Crippen molar-refractivity contribution in [3.8, 4) is 17.1 Å². The van der Waals surface area contributed by atoms with Gasteiger partial charge in [-0.25, -0.2) is 9.67 Å². The summed E-state index contributed by atoms with van der Waals surface area (Å²) in [5.74, 6) is 1.46. The van der Waals surface area contributed by atoms with Gasteiger partial charge < -0.3 is 19.7 Å². The number of aromatic nitrogens is 3. The molecule has 1 atom stereocenters. The van der Waals surface area contributed by atoms with Crippen LogP contribution in [0.3, 0.4) is 0 Å². The molecule has 4 heterocycles. The molecular formula is C22H28N6O4. The number of anilines is 1. The Hall–Kier alpha value is -2.98. The molecule has 2 aromatic rings. The normalized spacial score (nSPS) is 22.6. The van der Waals surface area contributed by atoms with Gasteiger partial charge in [-0.3, -0.25) is 14.5 Å². The summed E-state index contributed by atoms with van der Waals surface area (Å²) in [6, 6.07) is 5.58. The van der Waals surface area contributed by atoms with E-state index >= 15 is 0 Å². The number of fused-ring (bicyclic) bond motifs is 2. The molecule has 5 rings (SSSR count). The molecule has 1 aromatic heterocycles. The molecular weight excluding hydrogens is 412 g/mol. The van der Waals surface area contributed by atoms with Crippen molar-refractivity contribution in [2.45, 2.75) is 18.9 Å². The maximum atomic E-state index is 13.0. The number of carbonyl (C=O) groups is 2. The van der Waals surface area contributed by atoms with E-state index in [9.17, 15) is 9.59 Å². The Balaban J connectivity index is 1.33. The first kappa shape index (κ1) is 20.9. The quantitative estimate of drug-likeness (QED) is 0.735. The summed E-state index contributed by atoms with van der Waals surface area (Å²) in [4.78, 5) is 34.1. The summed E-state index contributed by atoms with van der Waals surface area (Å²) in [5.41, 5.74) is 1.46. The molecule has 0 bridgehead atoms. The van der Waals surface area contributed by atoms with Gasteiger partial charge in [-0.2, -0.15) is 5.10 Å². The zero-order valence-electron chi connectivity index (χ0n) is 18.2. The average molecular weight is 441 g/mol. The highest BCUT2D eigenvalue weighted by Crippen LogP contribution is 2.31. The number of hydrogen-bond acceptors (Lipinski definition) is 7. The molecule has 2 amide bonds. The lowest BCUT2D eigenvalue weighted by Crippen LogP contribution is -2.58. The number of rotatable bonds is 2. The van der Waals surface area contributed by atoms with Gasteiger partial charge in [-0.05, 0) is 31.0 Å². The van der Waals surface area contributed by atoms with Gasteiger partial charge in [0.1, 0.15) is 18.7 Å². The highest BCUT2D eigenvalue weighted by molar-refractivity contribution is 5.94. The third-order valence-corrected chi connectivity index (χ3v) is 6.49. The van der Waals surface area contributed by atoms with Crippen molar-refractivity contribution < 1.29 is 19.1 Å². The Morgan fingerprint density at radius 3 is 2.84 bits per heavy atom. The van der Waals surface area contributed by atoms with Gasteiger partial charge in [-0.15, -0.1) is 0 Å². The fourth-order valence-electron chi connectivity index (χ4n) is 4.67. The predicted octanol–water partition coefficient (Wildman–Crippen LogP) is 0.752. The largest absolute Gasteiger partial charge is 0.490 e. The van der Waals surface area contributed by atoms with Crippen LogP contribution in [0.25, 0.3) is 11.4 Å². The number of benzene rings is 1. The summed E-state index contributed by atoms with van der Waals surface area (Å²) in [5, 5.41) is 7.10. The van der Waals surface area contributed by atoms with Gasteiger partial charge in [0.2, 0.25) is 11.8 Å². The van der Waals surface area contributed by atoms with Crippen LogP contribution in [0.1, 0.15) is 12.8 Å². The molecule has 3 aliphatic heterocycles. The Morgan fingerprint density at radius 1 is 1.22 bits per heavy atom. The fraction of sp³-hybridized carbons (Fsp3) is 0.545. The lowest BCUT2D eigenvalue weighted by molar-refractivity contribution is -0.142. The Kier molecular flexibility index (Phi) is 5.79. The lowest BCUT2D eigenvalue weighted by Gasteiger charge is -2.41. The molecule has 2 saturated heterocycles. The maximum absolute atomic E-state index is 13.0. The highest BCUT2D eigenvalue weighted by atomic mass is 16.5. The Bertz CT molecular complexity index is 1000. The van der Waals surface area contributed by atoms with E-state index in [1.54, 1.807) is 4.68 Å². The first-order valence-electron chi connectivity index (χ1n) is 11.1. The molecule has 0 saturated carbocycles. The SMILES string of the molecule is Cn1ncnc1-c1ccc2c(c1)NC(=O)CN1CCN(C(=O)C3CCOCC3)C[C@@H]1CO2. The highest BCUT2D eigenvalue weighted by Gasteiger charge is 2.35. The van der Waals surface area contributed by atoms with Crippen LogP contribution in [0.4, 0.5) is 5.69 Å². The van der Waals surface area contributed by atoms with E-state index in [1.165, 1.54) is 6.33 Å². The Labute approximate surface area is 186 Å². The van der Waals surface area contributed by atoms with Crippen molar-refractivity contribution in [2.24, 2.45) is 13.0 Å². The molecule has 10 nitrogen and oxygen atoms in total. The topological polar surface area (TPSA) is 102 Å². The molecule has 0 aliphatic carbocycles. The van der Waals surface area contributed by atoms with Gasteiger partial charge in [0.05, 0.1) is 18.3 Å². The van der Waals surface area contributed by atoms with Crippen LogP contribution in [0.2, 0.25) is 0 Å². The Morgan fingerprint density at radius 2 is 2.06 bits per heavy atom. The number of nitrogens with zero attached hydrogens (tertiary/aromatic N) is 5. The van der Waals surface area contributed by atoms with Crippen LogP contribution in [0.5, 0.6) is 5.75 Å². The van der Waals surface area contributed by atoms with E-state index in [0.29, 0.717) is 56.7 Å². The molecule has 3 aliphatic rings. The number of ether oxygens (including phenoxy) is 2. The third kappa shape index (κ3) is 4.20. The standard InChI is InChI=1S/C22H28N6O4/c1-26-21(23-14-24-26)16-2-3-19-18(10-16)25-20(29)12-27-6-7-28(11-17(27)13-32-19)22(30)15-4-8-31-9-5-15/h2-3,10,14-15,17H,4-9,11-13H2,1H3,(H,25,29)/t17-/m1/s1. The van der Waals surface area contributed by atoms with Gasteiger partial charge in [0.15, 0.2) is 5.82 Å². The predicted molar refractivity (Wildman–Crippen MR) is 116 cm³/mol. The molecule has 1 aromatic carbocycles. The molecule has 32 heavy (non-hydrogen) atoms. The number of carbonyl (C=O) groups excluding carboxylic acids is 2. The first-order chi connectivity index (χ1) is 15.6. The third-order valence-electron chi connectivity index (χ3n) is 6.49. The van der Waals surface area contributed by atoms with E-state index in [0.717, 1.165) is 18.4 Å². The number of amides is 2. The van der Waals surface area contributed by atoms with Crippen molar-refractivity contribution in [1.29, 1.82) is 0 Å². The van der Waals surface area contributed by atoms with E-state index in [4.69, 9.17) is 9.47 Å². The minimum absolute atomic E-state index is 0.0376. The minimum Gasteiger partial charge on any atom is -0.490 e. The second-order valence-corrected chi connectivity index (χ2v) is 8.57. The fourth-order valence-corrected chi connectivity index (χ4v) is 4.67. The second kappa shape index (κ2) is 8.87. The summed E-state index contributed by atoms with van der Waals surface area (Å²) in [6.07, 6.45) is 3.06. The second-order valence-electron chi connectivity index (χ2n) is 8.57. The molecule has 1 N–H and O–H groups in total. The molecule has 170 valence electrons. The van der Waals surface area contributed by atoms with Crippen LogP contribution in [-0.2, 0) is 21.4 Å². The van der Waals surface area contributed by atoms with Crippen molar-refractivity contribution in [3.63, 3.8) is 0 Å². The molecule has 0 spiro atoms. The number of aryl methyl sites for hydroxylation is 1. The first-order valence-corrected chi connectivity index (χ1v) is 11.1. The van der Waals surface area contributed by atoms with Crippen LogP contribution in [0.15, 0.2) is 24.5 Å². The summed E-state index contributed by atoms with van der Waals surface area (Å²) < 4.78 is 13.2. The lowest BCUT2D eigenvalue weighted by atomic mass is 9.97. The zero-order valence-corrected chi connectivity index (χ0v) is 18.2. The number of nitrogens with one attached hydrogen (secondary N) is 1. The monoisotopic (exact) mass is 440 g/mol. The number of hydrogen-bond donors (Lipinski definition) is 1. The summed E-state index contributed by atoms with van der Waals surface area (Å²) >= 11 is 0. The van der Waals surface area contributed by atoms with E-state index in [-0.39, 0.29) is 30.3 Å². The van der Waals surface area contributed by atoms with Crippen molar-refractivity contribution in [3.05, 3.63) is 24.5 Å². The van der Waals surface area contributed by atoms with Gasteiger partial charge in [0, 0.05) is 51.4 Å². The zero-order chi connectivity index (χ0) is 22.1. The van der Waals surface area contributed by atoms with Crippen molar-refractivity contribution in [1.82, 2.24) is 24.6 Å². The van der Waals surface area contributed by atoms with Crippen LogP contribution >= 0.6 is 0 Å². The summed E-state index contributed by atoms with van der Waals surface area (Å²) in [7, 11) is 1.82. The van der Waals surface area contributed by atoms with E-state index in [2.05, 4.69) is 20.3 Å². The smallest absolute Gasteiger partial charge is 0.238 e. The maximum Gasteiger partial charge on any atom is 0.238 e. The summed E-state index contributed by atoms with van der Waals surface area (Å²) in [6.45, 7) is 3.81. The average Bonchev–Trinajstić information content (AvgIpc) is 3.26. The minimum atomic E-state index is -0.0962. The molecule has 10 heteroatoms. The van der Waals surface area contributed by atoms with Crippen LogP contribution in [0, 0.1) is 5.92 Å². The van der Waals surface area contributed by atoms with Crippen LogP contribution in [-0.4, -0.2) is 88.4 Å². The number of piperazine rings is 1. The van der Waals surface area contributed by atoms with Crippen molar-refractivity contribution in [2.75, 3.05) is 51.3 Å². The molecule has 0 radical (unpaired) electrons. The van der Waals surface area contributed by atoms with E-state index < -0.39 is 0 Å². The van der Waals surface area contributed by atoms with Crippen molar-refractivity contribution >= 4 is 17.5 Å².